The molecule has 4 heterocycles. The van der Waals surface area contributed by atoms with E-state index in [0.29, 0.717) is 0 Å². The first kappa shape index (κ1) is 34.2. The summed E-state index contributed by atoms with van der Waals surface area (Å²) in [5.74, 6) is 0.426. The van der Waals surface area contributed by atoms with Gasteiger partial charge >= 0.3 is 0 Å². The fourth-order valence-corrected chi connectivity index (χ4v) is 8.78. The van der Waals surface area contributed by atoms with E-state index in [1.165, 1.54) is 44.5 Å². The number of fused-ring (bicyclic) bond motifs is 3. The summed E-state index contributed by atoms with van der Waals surface area (Å²) in [5.41, 5.74) is 15.1. The highest BCUT2D eigenvalue weighted by molar-refractivity contribution is 6.09. The van der Waals surface area contributed by atoms with Crippen LogP contribution < -0.4 is 10.6 Å². The maximum absolute atomic E-state index is 5.57. The summed E-state index contributed by atoms with van der Waals surface area (Å²) in [7, 11) is 0. The Morgan fingerprint density at radius 2 is 1.55 bits per heavy atom. The van der Waals surface area contributed by atoms with Crippen molar-refractivity contribution in [2.75, 3.05) is 5.32 Å². The first-order valence-electron chi connectivity index (χ1n) is 20.2. The zero-order valence-corrected chi connectivity index (χ0v) is 31.5. The Hall–Kier alpha value is -6.33. The summed E-state index contributed by atoms with van der Waals surface area (Å²) in [6, 6.07) is 32.7. The molecule has 0 radical (unpaired) electrons. The van der Waals surface area contributed by atoms with Gasteiger partial charge < -0.3 is 10.6 Å². The fourth-order valence-electron chi connectivity index (χ4n) is 8.78. The molecule has 56 heavy (non-hydrogen) atoms. The number of aliphatic imine (C=N–C) groups is 1. The monoisotopic (exact) mass is 727 g/mol. The van der Waals surface area contributed by atoms with Crippen molar-refractivity contribution < 1.29 is 0 Å². The fraction of sp³-hybridized carbons (Fsp3) is 0.196. The molecule has 3 aromatic carbocycles. The molecule has 2 aromatic heterocycles. The first-order chi connectivity index (χ1) is 27.7. The molecule has 0 saturated carbocycles. The molecule has 0 saturated heterocycles. The average Bonchev–Trinajstić information content (AvgIpc) is 3.29. The molecule has 5 nitrogen and oxygen atoms in total. The van der Waals surface area contributed by atoms with Crippen molar-refractivity contribution in [2.24, 2.45) is 10.9 Å². The molecule has 0 amide bonds. The standard InChI is InChI=1S/C51H45N5/c1-4-13-34(14-5-1)40-19-12-20-41(31-40)43-32-46(54-50-42(43)28-26-39-27-29-44(53-49(39)50)35-15-6-2-7-16-35)37-22-24-38(25-23-37)48-33-47(36-17-8-3-9-18-36)55-51(56-48)45-21-10-11-30-52-45/h2-4,6,8-15,17-22,24,26-33,37-38,44,51,53,56H,1,5,7,16,23,25H2. The van der Waals surface area contributed by atoms with E-state index in [9.17, 15) is 0 Å². The van der Waals surface area contributed by atoms with Gasteiger partial charge in [-0.15, -0.1) is 0 Å². The van der Waals surface area contributed by atoms with Crippen LogP contribution in [0.15, 0.2) is 174 Å². The van der Waals surface area contributed by atoms with Crippen LogP contribution in [-0.2, 0) is 0 Å². The SMILES string of the molecule is C1=CCCC(C2C=Cc3ccc4c(-c5cccc(C6=CCCC=C6)c5)cc(C5C=CC(C6=CC(c7ccccc7)=NC(c7ccccn7)N6)CC5)nc4c3N2)=C1. The Balaban J connectivity index is 1.03. The summed E-state index contributed by atoms with van der Waals surface area (Å²) in [6.45, 7) is 0. The van der Waals surface area contributed by atoms with Crippen molar-refractivity contribution in [2.45, 2.75) is 56.7 Å². The highest BCUT2D eigenvalue weighted by Gasteiger charge is 2.28. The second-order valence-electron chi connectivity index (χ2n) is 15.4. The zero-order chi connectivity index (χ0) is 37.3. The number of nitrogens with zero attached hydrogens (tertiary/aromatic N) is 3. The number of benzene rings is 3. The number of anilines is 1. The summed E-state index contributed by atoms with van der Waals surface area (Å²) in [6.07, 6.45) is 33.2. The molecule has 10 rings (SSSR count). The van der Waals surface area contributed by atoms with Crippen LogP contribution in [0.4, 0.5) is 5.69 Å². The average molecular weight is 728 g/mol. The molecule has 0 spiro atoms. The van der Waals surface area contributed by atoms with E-state index in [0.717, 1.165) is 72.4 Å². The minimum atomic E-state index is -0.241. The van der Waals surface area contributed by atoms with E-state index >= 15 is 0 Å². The van der Waals surface area contributed by atoms with Gasteiger partial charge in [0.1, 0.15) is 0 Å². The lowest BCUT2D eigenvalue weighted by Crippen LogP contribution is -2.30. The van der Waals surface area contributed by atoms with Gasteiger partial charge in [0, 0.05) is 34.8 Å². The van der Waals surface area contributed by atoms with Crippen molar-refractivity contribution in [3.8, 4) is 11.1 Å². The van der Waals surface area contributed by atoms with Crippen molar-refractivity contribution in [3.05, 3.63) is 197 Å². The van der Waals surface area contributed by atoms with E-state index in [1.807, 2.05) is 18.3 Å². The third kappa shape index (κ3) is 6.79. The predicted octanol–water partition coefficient (Wildman–Crippen LogP) is 11.8. The van der Waals surface area contributed by atoms with Crippen LogP contribution >= 0.6 is 0 Å². The lowest BCUT2D eigenvalue weighted by molar-refractivity contribution is 0.493. The normalized spacial score (nSPS) is 22.6. The molecule has 2 N–H and O–H groups in total. The van der Waals surface area contributed by atoms with E-state index < -0.39 is 0 Å². The molecular weight excluding hydrogens is 683 g/mol. The van der Waals surface area contributed by atoms with Crippen LogP contribution in [-0.4, -0.2) is 21.7 Å². The van der Waals surface area contributed by atoms with Crippen molar-refractivity contribution in [1.29, 1.82) is 0 Å². The smallest absolute Gasteiger partial charge is 0.162 e. The third-order valence-corrected chi connectivity index (χ3v) is 11.8. The van der Waals surface area contributed by atoms with E-state index in [2.05, 4.69) is 161 Å². The van der Waals surface area contributed by atoms with Gasteiger partial charge in [-0.25, -0.2) is 4.98 Å². The van der Waals surface area contributed by atoms with Crippen molar-refractivity contribution >= 4 is 34.0 Å². The Labute approximate surface area is 329 Å². The number of nitrogens with one attached hydrogen (secondary N) is 2. The van der Waals surface area contributed by atoms with Gasteiger partial charge in [0.15, 0.2) is 6.17 Å². The Morgan fingerprint density at radius 1 is 0.679 bits per heavy atom. The molecule has 5 heteroatoms. The van der Waals surface area contributed by atoms with Gasteiger partial charge in [0.2, 0.25) is 0 Å². The van der Waals surface area contributed by atoms with Gasteiger partial charge in [-0.1, -0.05) is 127 Å². The van der Waals surface area contributed by atoms with Gasteiger partial charge in [-0.05, 0) is 108 Å². The van der Waals surface area contributed by atoms with E-state index in [1.54, 1.807) is 0 Å². The predicted molar refractivity (Wildman–Crippen MR) is 232 cm³/mol. The minimum Gasteiger partial charge on any atom is -0.373 e. The van der Waals surface area contributed by atoms with Crippen LogP contribution in [0.3, 0.4) is 0 Å². The van der Waals surface area contributed by atoms with E-state index in [4.69, 9.17) is 9.98 Å². The van der Waals surface area contributed by atoms with Crippen LogP contribution in [0.1, 0.15) is 78.7 Å². The minimum absolute atomic E-state index is 0.158. The maximum atomic E-state index is 5.57. The second kappa shape index (κ2) is 15.1. The molecule has 3 aliphatic carbocycles. The number of hydrogen-bond acceptors (Lipinski definition) is 5. The molecule has 4 atom stereocenters. The third-order valence-electron chi connectivity index (χ3n) is 11.8. The lowest BCUT2D eigenvalue weighted by atomic mass is 9.83. The lowest BCUT2D eigenvalue weighted by Gasteiger charge is -2.31. The van der Waals surface area contributed by atoms with Crippen LogP contribution in [0.5, 0.6) is 0 Å². The molecule has 274 valence electrons. The molecule has 5 aliphatic rings. The Bertz CT molecular complexity index is 2550. The van der Waals surface area contributed by atoms with Crippen LogP contribution in [0, 0.1) is 5.92 Å². The first-order valence-corrected chi connectivity index (χ1v) is 20.2. The van der Waals surface area contributed by atoms with Crippen LogP contribution in [0.25, 0.3) is 33.7 Å². The van der Waals surface area contributed by atoms with Gasteiger partial charge in [0.25, 0.3) is 0 Å². The van der Waals surface area contributed by atoms with Gasteiger partial charge in [0.05, 0.1) is 28.7 Å². The van der Waals surface area contributed by atoms with Gasteiger partial charge in [-0.3, -0.25) is 9.98 Å². The molecule has 0 bridgehead atoms. The van der Waals surface area contributed by atoms with Crippen molar-refractivity contribution in [1.82, 2.24) is 15.3 Å². The number of aromatic nitrogens is 2. The summed E-state index contributed by atoms with van der Waals surface area (Å²) in [5, 5.41) is 8.88. The zero-order valence-electron chi connectivity index (χ0n) is 31.5. The molecule has 4 unspecified atom stereocenters. The number of rotatable bonds is 7. The summed E-state index contributed by atoms with van der Waals surface area (Å²) >= 11 is 0. The molecular formula is C51H45N5. The van der Waals surface area contributed by atoms with Crippen molar-refractivity contribution in [3.63, 3.8) is 0 Å². The quantitative estimate of drug-likeness (QED) is 0.164. The van der Waals surface area contributed by atoms with E-state index in [-0.39, 0.29) is 24.0 Å². The Morgan fingerprint density at radius 3 is 2.38 bits per heavy atom. The van der Waals surface area contributed by atoms with Crippen LogP contribution in [0.2, 0.25) is 0 Å². The molecule has 5 aromatic rings. The topological polar surface area (TPSA) is 62.2 Å². The Kier molecular flexibility index (Phi) is 9.20. The maximum Gasteiger partial charge on any atom is 0.162 e. The number of pyridine rings is 2. The molecule has 0 fully saturated rings. The largest absolute Gasteiger partial charge is 0.373 e. The second-order valence-corrected chi connectivity index (χ2v) is 15.4. The highest BCUT2D eigenvalue weighted by Crippen LogP contribution is 2.42. The molecule has 2 aliphatic heterocycles. The summed E-state index contributed by atoms with van der Waals surface area (Å²) < 4.78 is 0. The van der Waals surface area contributed by atoms with Gasteiger partial charge in [-0.2, -0.15) is 0 Å². The number of hydrogen-bond donors (Lipinski definition) is 2. The highest BCUT2D eigenvalue weighted by atomic mass is 15.1. The summed E-state index contributed by atoms with van der Waals surface area (Å²) in [4.78, 5) is 15.3. The number of allylic oxidation sites excluding steroid dienone is 10.